The van der Waals surface area contributed by atoms with Gasteiger partial charge in [0, 0.05) is 19.5 Å². The molecule has 5 atom stereocenters. The van der Waals surface area contributed by atoms with Crippen LogP contribution in [0.15, 0.2) is 18.2 Å². The van der Waals surface area contributed by atoms with Gasteiger partial charge >= 0.3 is 12.2 Å². The highest BCUT2D eigenvalue weighted by Gasteiger charge is 2.62. The van der Waals surface area contributed by atoms with Crippen LogP contribution in [-0.4, -0.2) is 90.3 Å². The van der Waals surface area contributed by atoms with Crippen molar-refractivity contribution in [2.75, 3.05) is 13.2 Å². The van der Waals surface area contributed by atoms with Crippen molar-refractivity contribution in [2.24, 2.45) is 17.3 Å². The molecule has 1 saturated heterocycles. The van der Waals surface area contributed by atoms with E-state index in [0.29, 0.717) is 45.2 Å². The zero-order chi connectivity index (χ0) is 39.1. The average Bonchev–Trinajstić information content (AvgIpc) is 4.05. The number of cyclic esters (lactones) is 1. The minimum Gasteiger partial charge on any atom is -0.449 e. The summed E-state index contributed by atoms with van der Waals surface area (Å²) in [5.74, 6) is -2.38. The van der Waals surface area contributed by atoms with E-state index in [-0.39, 0.29) is 43.2 Å². The Balaban J connectivity index is 1.17. The SMILES string of the molecule is CC[C@@H]1C[C@]1(NC(=O)[C@@H]1C[C@@H]2CN1C(=O)[C@H](C1CCCCC1)NC(=O)OCC(C)(C)CCCCc1cccc3c1CN(C3)C(=O)O2)C(=O)NS(=O)(=O)C1CC1. The number of carbonyl (C=O) groups excluding carboxylic acids is 5. The van der Waals surface area contributed by atoms with Gasteiger partial charge in [-0.3, -0.25) is 24.0 Å². The lowest BCUT2D eigenvalue weighted by Gasteiger charge is -2.35. The lowest BCUT2D eigenvalue weighted by Crippen LogP contribution is -2.59. The highest BCUT2D eigenvalue weighted by molar-refractivity contribution is 7.91. The van der Waals surface area contributed by atoms with E-state index in [9.17, 15) is 32.4 Å². The number of aryl methyl sites for hydroxylation is 1. The summed E-state index contributed by atoms with van der Waals surface area (Å²) in [6, 6.07) is 4.01. The molecule has 0 unspecified atom stereocenters. The fourth-order valence-corrected chi connectivity index (χ4v) is 10.6. The first-order chi connectivity index (χ1) is 26.2. The van der Waals surface area contributed by atoms with Crippen LogP contribution in [0, 0.1) is 17.3 Å². The number of nitrogens with zero attached hydrogens (tertiary/aromatic N) is 2. The van der Waals surface area contributed by atoms with E-state index >= 15 is 0 Å². The van der Waals surface area contributed by atoms with Crippen molar-refractivity contribution in [3.8, 4) is 0 Å². The number of hydrogen-bond acceptors (Lipinski definition) is 9. The summed E-state index contributed by atoms with van der Waals surface area (Å²) < 4.78 is 39.6. The van der Waals surface area contributed by atoms with Gasteiger partial charge in [0.05, 0.1) is 18.4 Å². The predicted octanol–water partition coefficient (Wildman–Crippen LogP) is 4.43. The molecule has 0 spiro atoms. The molecule has 1 aromatic rings. The van der Waals surface area contributed by atoms with Gasteiger partial charge in [0.25, 0.3) is 5.91 Å². The number of carbonyl (C=O) groups is 5. The first kappa shape index (κ1) is 39.4. The number of rotatable bonds is 7. The number of sulfonamides is 1. The fourth-order valence-electron chi connectivity index (χ4n) is 9.19. The average molecular weight is 784 g/mol. The summed E-state index contributed by atoms with van der Waals surface area (Å²) in [5, 5.41) is 5.13. The maximum absolute atomic E-state index is 14.8. The number of alkyl carbamates (subject to hydrolysis) is 1. The Labute approximate surface area is 324 Å². The molecule has 3 aliphatic carbocycles. The molecule has 302 valence electrons. The number of fused-ring (bicyclic) bond motifs is 3. The topological polar surface area (TPSA) is 181 Å². The quantitative estimate of drug-likeness (QED) is 0.361. The van der Waals surface area contributed by atoms with E-state index in [1.165, 1.54) is 10.5 Å². The fraction of sp³-hybridized carbons (Fsp3) is 0.725. The van der Waals surface area contributed by atoms with Crippen molar-refractivity contribution in [1.29, 1.82) is 0 Å². The Hall–Kier alpha value is -3.88. The maximum Gasteiger partial charge on any atom is 0.410 e. The van der Waals surface area contributed by atoms with Crippen molar-refractivity contribution < 1.29 is 41.9 Å². The summed E-state index contributed by atoms with van der Waals surface area (Å²) in [6.07, 6.45) is 7.38. The monoisotopic (exact) mass is 783 g/mol. The van der Waals surface area contributed by atoms with Crippen LogP contribution in [0.5, 0.6) is 0 Å². The van der Waals surface area contributed by atoms with Crippen LogP contribution in [0.25, 0.3) is 0 Å². The zero-order valence-electron chi connectivity index (χ0n) is 32.4. The molecule has 7 rings (SSSR count). The van der Waals surface area contributed by atoms with Crippen molar-refractivity contribution in [3.05, 3.63) is 34.9 Å². The van der Waals surface area contributed by atoms with E-state index in [0.717, 1.165) is 56.1 Å². The molecule has 1 aromatic carbocycles. The molecule has 0 radical (unpaired) electrons. The highest BCUT2D eigenvalue weighted by Crippen LogP contribution is 2.47. The number of amides is 5. The summed E-state index contributed by atoms with van der Waals surface area (Å²) >= 11 is 0. The lowest BCUT2D eigenvalue weighted by atomic mass is 9.83. The van der Waals surface area contributed by atoms with Crippen LogP contribution in [0.4, 0.5) is 9.59 Å². The third kappa shape index (κ3) is 8.61. The number of benzene rings is 1. The van der Waals surface area contributed by atoms with Gasteiger partial charge in [-0.25, -0.2) is 18.0 Å². The minimum atomic E-state index is -3.87. The first-order valence-electron chi connectivity index (χ1n) is 20.4. The van der Waals surface area contributed by atoms with Gasteiger partial charge in [-0.15, -0.1) is 0 Å². The number of hydrogen-bond donors (Lipinski definition) is 3. The molecular formula is C40H57N5O9S. The Morgan fingerprint density at radius 1 is 0.982 bits per heavy atom. The second-order valence-corrected chi connectivity index (χ2v) is 19.5. The number of nitrogens with one attached hydrogen (secondary N) is 3. The van der Waals surface area contributed by atoms with Crippen LogP contribution in [0.2, 0.25) is 0 Å². The Morgan fingerprint density at radius 2 is 1.73 bits per heavy atom. The summed E-state index contributed by atoms with van der Waals surface area (Å²) in [5.41, 5.74) is 1.62. The molecule has 4 fully saturated rings. The molecule has 3 heterocycles. The van der Waals surface area contributed by atoms with Crippen LogP contribution < -0.4 is 15.4 Å². The molecule has 6 aliphatic rings. The van der Waals surface area contributed by atoms with Crippen molar-refractivity contribution in [3.63, 3.8) is 0 Å². The zero-order valence-corrected chi connectivity index (χ0v) is 33.2. The van der Waals surface area contributed by atoms with Gasteiger partial charge in [-0.1, -0.05) is 71.1 Å². The van der Waals surface area contributed by atoms with Gasteiger partial charge in [0.2, 0.25) is 21.8 Å². The normalized spacial score (nSPS) is 30.5. The van der Waals surface area contributed by atoms with Crippen LogP contribution >= 0.6 is 0 Å². The molecule has 3 N–H and O–H groups in total. The van der Waals surface area contributed by atoms with Crippen molar-refractivity contribution in [2.45, 2.75) is 153 Å². The largest absolute Gasteiger partial charge is 0.449 e. The van der Waals surface area contributed by atoms with E-state index in [2.05, 4.69) is 35.3 Å². The Kier molecular flexibility index (Phi) is 11.1. The highest BCUT2D eigenvalue weighted by atomic mass is 32.2. The number of ether oxygens (including phenoxy) is 2. The Bertz CT molecular complexity index is 1790. The molecule has 5 amide bonds. The van der Waals surface area contributed by atoms with E-state index in [4.69, 9.17) is 9.47 Å². The third-order valence-electron chi connectivity index (χ3n) is 12.8. The summed E-state index contributed by atoms with van der Waals surface area (Å²) in [4.78, 5) is 72.9. The smallest absolute Gasteiger partial charge is 0.410 e. The second kappa shape index (κ2) is 15.6. The third-order valence-corrected chi connectivity index (χ3v) is 14.6. The van der Waals surface area contributed by atoms with Crippen molar-refractivity contribution in [1.82, 2.24) is 25.2 Å². The first-order valence-corrected chi connectivity index (χ1v) is 21.9. The standard InChI is InChI=1S/C40H57N5O9S/c1-4-28-20-40(28,36(48)43-55(51,52)30-16-17-30)42-34(46)32-19-29-22-45(32)35(47)33(26-12-6-5-7-13-26)41-37(49)53-24-39(2,3)18-9-8-11-25-14-10-15-27-21-44(23-31(25)27)38(50)54-29/h10,14-15,26,28-30,32-33H,4-9,11-13,16-24H2,1-3H3,(H,41,49)(H,42,46)(H,43,48)/t28-,29-,32+,33+,40-/m1/s1. The Morgan fingerprint density at radius 3 is 2.44 bits per heavy atom. The predicted molar refractivity (Wildman–Crippen MR) is 202 cm³/mol. The molecule has 15 heteroatoms. The van der Waals surface area contributed by atoms with E-state index in [1.807, 2.05) is 19.1 Å². The van der Waals surface area contributed by atoms with Gasteiger partial charge < -0.3 is 25.0 Å². The van der Waals surface area contributed by atoms with Gasteiger partial charge in [0.15, 0.2) is 0 Å². The van der Waals surface area contributed by atoms with Gasteiger partial charge in [0.1, 0.15) is 23.7 Å². The van der Waals surface area contributed by atoms with E-state index in [1.54, 1.807) is 4.90 Å². The maximum atomic E-state index is 14.8. The van der Waals surface area contributed by atoms with E-state index < -0.39 is 68.9 Å². The molecule has 3 saturated carbocycles. The van der Waals surface area contributed by atoms with Crippen LogP contribution in [0.3, 0.4) is 0 Å². The molecule has 14 nitrogen and oxygen atoms in total. The molecular weight excluding hydrogens is 727 g/mol. The van der Waals surface area contributed by atoms with Gasteiger partial charge in [-0.2, -0.15) is 0 Å². The minimum absolute atomic E-state index is 0.0275. The molecule has 0 aromatic heterocycles. The van der Waals surface area contributed by atoms with Crippen LogP contribution in [0.1, 0.15) is 121 Å². The van der Waals surface area contributed by atoms with Gasteiger partial charge in [-0.05, 0) is 85.3 Å². The van der Waals surface area contributed by atoms with Crippen molar-refractivity contribution >= 4 is 39.9 Å². The molecule has 55 heavy (non-hydrogen) atoms. The van der Waals surface area contributed by atoms with Crippen LogP contribution in [-0.2, 0) is 53.4 Å². The molecule has 3 aliphatic heterocycles. The lowest BCUT2D eigenvalue weighted by molar-refractivity contribution is -0.142. The summed E-state index contributed by atoms with van der Waals surface area (Å²) in [6.45, 7) is 6.86. The molecule has 4 bridgehead atoms. The second-order valence-electron chi connectivity index (χ2n) is 17.6. The summed E-state index contributed by atoms with van der Waals surface area (Å²) in [7, 11) is -3.87.